The molecule has 0 spiro atoms. The highest BCUT2D eigenvalue weighted by atomic mass is 79.9. The van der Waals surface area contributed by atoms with Gasteiger partial charge in [0.2, 0.25) is 10.0 Å². The molecule has 0 fully saturated rings. The van der Waals surface area contributed by atoms with Gasteiger partial charge in [0.1, 0.15) is 0 Å². The Morgan fingerprint density at radius 1 is 1.05 bits per heavy atom. The molecular weight excluding hydrogens is 350 g/mol. The van der Waals surface area contributed by atoms with Gasteiger partial charge in [-0.05, 0) is 49.6 Å². The van der Waals surface area contributed by atoms with Crippen molar-refractivity contribution < 1.29 is 8.42 Å². The molecule has 0 aromatic heterocycles. The third-order valence-corrected chi connectivity index (χ3v) is 5.91. The van der Waals surface area contributed by atoms with Crippen molar-refractivity contribution in [3.05, 3.63) is 63.6 Å². The molecule has 0 saturated carbocycles. The minimum absolute atomic E-state index is 0.278. The van der Waals surface area contributed by atoms with Gasteiger partial charge < -0.3 is 0 Å². The highest BCUT2D eigenvalue weighted by Crippen LogP contribution is 2.25. The van der Waals surface area contributed by atoms with Crippen LogP contribution in [0.5, 0.6) is 0 Å². The molecule has 3 nitrogen and oxygen atoms in total. The van der Waals surface area contributed by atoms with E-state index in [0.29, 0.717) is 4.90 Å². The molecule has 1 atom stereocenters. The molecule has 2 aromatic carbocycles. The standard InChI is InChI=1S/C16H18BrNO2S/c1-11-10-16(12(2)9-15(11)17)21(19,20)18-13(3)14-7-5-4-6-8-14/h4-10,13,18H,1-3H3/t13-/m0/s1. The second-order valence-electron chi connectivity index (χ2n) is 5.12. The molecule has 2 rings (SSSR count). The summed E-state index contributed by atoms with van der Waals surface area (Å²) in [5.74, 6) is 0. The summed E-state index contributed by atoms with van der Waals surface area (Å²) >= 11 is 3.42. The van der Waals surface area contributed by atoms with Gasteiger partial charge in [-0.2, -0.15) is 0 Å². The zero-order valence-corrected chi connectivity index (χ0v) is 14.6. The Bertz CT molecular complexity index is 742. The molecule has 1 N–H and O–H groups in total. The molecule has 21 heavy (non-hydrogen) atoms. The minimum Gasteiger partial charge on any atom is -0.207 e. The fourth-order valence-corrected chi connectivity index (χ4v) is 4.15. The quantitative estimate of drug-likeness (QED) is 0.883. The van der Waals surface area contributed by atoms with Crippen molar-refractivity contribution in [2.75, 3.05) is 0 Å². The number of hydrogen-bond acceptors (Lipinski definition) is 2. The fourth-order valence-electron chi connectivity index (χ4n) is 2.15. The van der Waals surface area contributed by atoms with Crippen LogP contribution in [0.15, 0.2) is 51.8 Å². The summed E-state index contributed by atoms with van der Waals surface area (Å²) in [7, 11) is -3.55. The second-order valence-corrected chi connectivity index (χ2v) is 7.66. The lowest BCUT2D eigenvalue weighted by Gasteiger charge is -2.16. The molecule has 0 saturated heterocycles. The number of hydrogen-bond donors (Lipinski definition) is 1. The van der Waals surface area contributed by atoms with Crippen LogP contribution in [-0.4, -0.2) is 8.42 Å². The van der Waals surface area contributed by atoms with Crippen LogP contribution < -0.4 is 4.72 Å². The van der Waals surface area contributed by atoms with Crippen molar-refractivity contribution >= 4 is 26.0 Å². The highest BCUT2D eigenvalue weighted by Gasteiger charge is 2.21. The van der Waals surface area contributed by atoms with Gasteiger partial charge in [-0.3, -0.25) is 0 Å². The molecule has 0 unspecified atom stereocenters. The van der Waals surface area contributed by atoms with Crippen LogP contribution in [-0.2, 0) is 10.0 Å². The Balaban J connectivity index is 2.33. The van der Waals surface area contributed by atoms with E-state index in [1.54, 1.807) is 13.0 Å². The van der Waals surface area contributed by atoms with Crippen LogP contribution in [0.2, 0.25) is 0 Å². The zero-order valence-electron chi connectivity index (χ0n) is 12.2. The lowest BCUT2D eigenvalue weighted by Crippen LogP contribution is -2.27. The predicted molar refractivity (Wildman–Crippen MR) is 88.8 cm³/mol. The fraction of sp³-hybridized carbons (Fsp3) is 0.250. The van der Waals surface area contributed by atoms with Gasteiger partial charge in [-0.25, -0.2) is 13.1 Å². The predicted octanol–water partition coefficient (Wildman–Crippen LogP) is 4.11. The molecule has 0 aliphatic rings. The van der Waals surface area contributed by atoms with Crippen molar-refractivity contribution in [1.82, 2.24) is 4.72 Å². The number of nitrogens with one attached hydrogen (secondary N) is 1. The number of aryl methyl sites for hydroxylation is 2. The maximum Gasteiger partial charge on any atom is 0.241 e. The highest BCUT2D eigenvalue weighted by molar-refractivity contribution is 9.10. The Hall–Kier alpha value is -1.17. The molecule has 2 aromatic rings. The third-order valence-electron chi connectivity index (χ3n) is 3.38. The van der Waals surface area contributed by atoms with Crippen LogP contribution in [0.1, 0.15) is 29.7 Å². The van der Waals surface area contributed by atoms with Crippen molar-refractivity contribution in [3.8, 4) is 0 Å². The Labute approximate surface area is 134 Å². The summed E-state index contributed by atoms with van der Waals surface area (Å²) in [4.78, 5) is 0.325. The second kappa shape index (κ2) is 6.30. The first kappa shape index (κ1) is 16.2. The van der Waals surface area contributed by atoms with Crippen LogP contribution in [0.4, 0.5) is 0 Å². The van der Waals surface area contributed by atoms with Crippen molar-refractivity contribution in [3.63, 3.8) is 0 Å². The van der Waals surface area contributed by atoms with Gasteiger partial charge in [-0.1, -0.05) is 46.3 Å². The number of sulfonamides is 1. The zero-order chi connectivity index (χ0) is 15.6. The Kier molecular flexibility index (Phi) is 4.86. The molecule has 0 heterocycles. The van der Waals surface area contributed by atoms with Gasteiger partial charge in [0.25, 0.3) is 0 Å². The van der Waals surface area contributed by atoms with Crippen molar-refractivity contribution in [1.29, 1.82) is 0 Å². The van der Waals surface area contributed by atoms with E-state index in [9.17, 15) is 8.42 Å². The van der Waals surface area contributed by atoms with Crippen LogP contribution in [0.25, 0.3) is 0 Å². The molecular formula is C16H18BrNO2S. The average molecular weight is 368 g/mol. The maximum atomic E-state index is 12.6. The first-order valence-corrected chi connectivity index (χ1v) is 8.93. The maximum absolute atomic E-state index is 12.6. The summed E-state index contributed by atoms with van der Waals surface area (Å²) in [6.45, 7) is 5.52. The van der Waals surface area contributed by atoms with Gasteiger partial charge in [-0.15, -0.1) is 0 Å². The van der Waals surface area contributed by atoms with Crippen LogP contribution >= 0.6 is 15.9 Å². The first-order valence-electron chi connectivity index (χ1n) is 6.65. The van der Waals surface area contributed by atoms with E-state index in [-0.39, 0.29) is 6.04 Å². The van der Waals surface area contributed by atoms with Crippen molar-refractivity contribution in [2.24, 2.45) is 0 Å². The lowest BCUT2D eigenvalue weighted by atomic mass is 10.1. The average Bonchev–Trinajstić information content (AvgIpc) is 2.43. The Morgan fingerprint density at radius 3 is 2.29 bits per heavy atom. The van der Waals surface area contributed by atoms with E-state index < -0.39 is 10.0 Å². The summed E-state index contributed by atoms with van der Waals surface area (Å²) < 4.78 is 28.8. The van der Waals surface area contributed by atoms with Crippen LogP contribution in [0.3, 0.4) is 0 Å². The Morgan fingerprint density at radius 2 is 1.67 bits per heavy atom. The molecule has 5 heteroatoms. The normalized spacial score (nSPS) is 13.1. The molecule has 0 amide bonds. The van der Waals surface area contributed by atoms with Gasteiger partial charge in [0.15, 0.2) is 0 Å². The van der Waals surface area contributed by atoms with E-state index in [1.807, 2.05) is 50.2 Å². The van der Waals surface area contributed by atoms with E-state index in [0.717, 1.165) is 21.2 Å². The number of halogens is 1. The SMILES string of the molecule is Cc1cc(S(=O)(=O)N[C@@H](C)c2ccccc2)c(C)cc1Br. The van der Waals surface area contributed by atoms with E-state index >= 15 is 0 Å². The summed E-state index contributed by atoms with van der Waals surface area (Å²) in [6.07, 6.45) is 0. The monoisotopic (exact) mass is 367 g/mol. The minimum atomic E-state index is -3.55. The van der Waals surface area contributed by atoms with Crippen molar-refractivity contribution in [2.45, 2.75) is 31.7 Å². The number of benzene rings is 2. The van der Waals surface area contributed by atoms with E-state index in [1.165, 1.54) is 0 Å². The lowest BCUT2D eigenvalue weighted by molar-refractivity contribution is 0.566. The van der Waals surface area contributed by atoms with Gasteiger partial charge in [0, 0.05) is 10.5 Å². The van der Waals surface area contributed by atoms with Crippen LogP contribution in [0, 0.1) is 13.8 Å². The largest absolute Gasteiger partial charge is 0.241 e. The molecule has 0 radical (unpaired) electrons. The first-order chi connectivity index (χ1) is 9.81. The summed E-state index contributed by atoms with van der Waals surface area (Å²) in [6, 6.07) is 12.8. The molecule has 112 valence electrons. The molecule has 0 aliphatic heterocycles. The summed E-state index contributed by atoms with van der Waals surface area (Å²) in [5.41, 5.74) is 2.56. The topological polar surface area (TPSA) is 46.2 Å². The smallest absolute Gasteiger partial charge is 0.207 e. The molecule has 0 bridgehead atoms. The third kappa shape index (κ3) is 3.73. The van der Waals surface area contributed by atoms with E-state index in [2.05, 4.69) is 20.7 Å². The van der Waals surface area contributed by atoms with Gasteiger partial charge >= 0.3 is 0 Å². The molecule has 0 aliphatic carbocycles. The summed E-state index contributed by atoms with van der Waals surface area (Å²) in [5, 5.41) is 0. The van der Waals surface area contributed by atoms with E-state index in [4.69, 9.17) is 0 Å². The van der Waals surface area contributed by atoms with Gasteiger partial charge in [0.05, 0.1) is 4.90 Å². The number of rotatable bonds is 4.